The summed E-state index contributed by atoms with van der Waals surface area (Å²) in [6, 6.07) is 0. The maximum atomic E-state index is 2.97. The predicted octanol–water partition coefficient (Wildman–Crippen LogP) is 1.86. The summed E-state index contributed by atoms with van der Waals surface area (Å²) in [5.41, 5.74) is 0. The molecule has 0 rings (SSSR count). The van der Waals surface area contributed by atoms with Crippen LogP contribution in [0.1, 0.15) is 27.7 Å². The third kappa shape index (κ3) is 180. The van der Waals surface area contributed by atoms with Crippen LogP contribution in [0, 0.1) is 5.92 Å². The molecule has 0 heterocycles. The van der Waals surface area contributed by atoms with Crippen molar-refractivity contribution in [2.24, 2.45) is 5.92 Å². The van der Waals surface area contributed by atoms with Gasteiger partial charge in [-0.15, -0.1) is 0 Å². The molecule has 0 N–H and O–H groups in total. The van der Waals surface area contributed by atoms with E-state index in [-0.39, 0.29) is 186 Å². The normalized spacial score (nSPS) is 2.48. The van der Waals surface area contributed by atoms with Gasteiger partial charge >= 0.3 is 100.0 Å². The van der Waals surface area contributed by atoms with E-state index in [4.69, 9.17) is 0 Å². The SMILES string of the molecule is CC.CC(C)[C-]=[V].[V].[V].[V].[V].[V].[V].[V].[V].[V].[V].[V]=[V].[V]=[V]. The third-order valence-corrected chi connectivity index (χ3v) is 1.06. The van der Waals surface area contributed by atoms with E-state index in [1.807, 2.05) is 13.8 Å². The Morgan fingerprint density at radius 2 is 0.571 bits per heavy atom. The average Bonchev–Trinajstić information content (AvgIpc) is 2.15. The van der Waals surface area contributed by atoms with Crippen LogP contribution in [0.2, 0.25) is 0 Å². The molecule has 0 saturated carbocycles. The van der Waals surface area contributed by atoms with Crippen LogP contribution in [0.5, 0.6) is 0 Å². The van der Waals surface area contributed by atoms with Gasteiger partial charge in [-0.25, -0.2) is 0 Å². The van der Waals surface area contributed by atoms with Crippen LogP contribution in [-0.2, 0) is 261 Å². The fraction of sp³-hybridized carbons (Fsp3) is 0.833. The summed E-state index contributed by atoms with van der Waals surface area (Å²) in [5, 5.41) is 0. The molecule has 10 radical (unpaired) electrons. The van der Waals surface area contributed by atoms with Crippen LogP contribution in [0.3, 0.4) is 0 Å². The van der Waals surface area contributed by atoms with Gasteiger partial charge in [0, 0.05) is 186 Å². The fourth-order valence-electron chi connectivity index (χ4n) is 0. The number of hydrogen-bond acceptors (Lipinski definition) is 0. The maximum absolute atomic E-state index is 2.97. The molecule has 0 aliphatic carbocycles. The van der Waals surface area contributed by atoms with Gasteiger partial charge < -0.3 is 0 Å². The van der Waals surface area contributed by atoms with Gasteiger partial charge in [0.15, 0.2) is 0 Å². The van der Waals surface area contributed by atoms with Crippen LogP contribution in [0.15, 0.2) is 0 Å². The van der Waals surface area contributed by atoms with Crippen LogP contribution in [-0.4, -0.2) is 4.73 Å². The standard InChI is InChI=1S/C4H7.C2H6.15V/c1-4(2)3;1-2;;;;;;;;;;;;;;;/h4H,1-2H3;1-2H3;;;;;;;;;;;;;;;/q-1;;;;;;;;;;;;;;;;. The zero-order valence-corrected chi connectivity index (χ0v) is 32.7. The van der Waals surface area contributed by atoms with E-state index in [1.165, 1.54) is 0 Å². The topological polar surface area (TPSA) is 0 Å². The van der Waals surface area contributed by atoms with Crippen molar-refractivity contribution in [2.45, 2.75) is 27.7 Å². The van der Waals surface area contributed by atoms with Crippen LogP contribution >= 0.6 is 0 Å². The molecule has 0 unspecified atom stereocenters. The molecule has 0 fully saturated rings. The first-order valence-electron chi connectivity index (χ1n) is 3.07. The Bertz CT molecular complexity index is 60.1. The minimum atomic E-state index is 0. The summed E-state index contributed by atoms with van der Waals surface area (Å²) in [6.07, 6.45) is 0. The van der Waals surface area contributed by atoms with E-state index < -0.39 is 0 Å². The Labute approximate surface area is 292 Å². The molecule has 0 aromatic rings. The minimum absolute atomic E-state index is 0. The molecular formula is C6H13V15-. The second-order valence-corrected chi connectivity index (χ2v) is 1.69. The van der Waals surface area contributed by atoms with Crippen LogP contribution in [0.4, 0.5) is 0 Å². The monoisotopic (exact) mass is 849 g/mol. The van der Waals surface area contributed by atoms with Crippen molar-refractivity contribution < 1.29 is 261 Å². The molecule has 15 heteroatoms. The van der Waals surface area contributed by atoms with E-state index >= 15 is 0 Å². The second-order valence-electron chi connectivity index (χ2n) is 1.28. The quantitative estimate of drug-likeness (QED) is 0.354. The summed E-state index contributed by atoms with van der Waals surface area (Å²) in [5.74, 6) is 0.606. The molecular weight excluding hydrogens is 836 g/mol. The van der Waals surface area contributed by atoms with Gasteiger partial charge in [0.05, 0.1) is 0 Å². The van der Waals surface area contributed by atoms with Gasteiger partial charge in [-0.3, -0.25) is 0 Å². The summed E-state index contributed by atoms with van der Waals surface area (Å²) in [7, 11) is 0. The van der Waals surface area contributed by atoms with E-state index in [1.54, 1.807) is 0 Å². The van der Waals surface area contributed by atoms with Crippen LogP contribution < -0.4 is 0 Å². The first-order valence-corrected chi connectivity index (χ1v) is 10.2. The Kier molecular flexibility index (Phi) is 648. The molecule has 0 amide bonds. The van der Waals surface area contributed by atoms with Gasteiger partial charge in [-0.05, 0) is 0 Å². The molecule has 21 heavy (non-hydrogen) atoms. The third-order valence-electron chi connectivity index (χ3n) is 0.258. The molecule has 0 spiro atoms. The molecule has 0 aromatic carbocycles. The van der Waals surface area contributed by atoms with E-state index in [0.717, 1.165) is 0 Å². The molecule has 0 bridgehead atoms. The van der Waals surface area contributed by atoms with Gasteiger partial charge in [0.25, 0.3) is 0 Å². The molecule has 113 valence electrons. The van der Waals surface area contributed by atoms with Crippen molar-refractivity contribution in [2.75, 3.05) is 0 Å². The second kappa shape index (κ2) is 137. The predicted molar refractivity (Wildman–Crippen MR) is 31.2 cm³/mol. The van der Waals surface area contributed by atoms with Gasteiger partial charge in [0.2, 0.25) is 0 Å². The van der Waals surface area contributed by atoms with Crippen molar-refractivity contribution in [3.8, 4) is 0 Å². The Balaban J connectivity index is -0.00000000238. The molecule has 0 aliphatic heterocycles. The molecule has 0 nitrogen and oxygen atoms in total. The van der Waals surface area contributed by atoms with E-state index in [0.29, 0.717) is 5.92 Å². The molecule has 0 aliphatic rings. The van der Waals surface area contributed by atoms with Gasteiger partial charge in [-0.1, -0.05) is 13.8 Å². The first-order chi connectivity index (χ1) is 5.27. The molecule has 0 atom stereocenters. The Morgan fingerprint density at radius 3 is 0.571 bits per heavy atom. The fourth-order valence-corrected chi connectivity index (χ4v) is 0. The summed E-state index contributed by atoms with van der Waals surface area (Å²) in [4.78, 5) is 0. The first kappa shape index (κ1) is 99.4. The Morgan fingerprint density at radius 1 is 0.524 bits per heavy atom. The molecule has 0 aromatic heterocycles. The summed E-state index contributed by atoms with van der Waals surface area (Å²) >= 11 is 11.3. The van der Waals surface area contributed by atoms with Crippen LogP contribution in [0.25, 0.3) is 0 Å². The average molecular weight is 849 g/mol. The number of hydrogen-bond donors (Lipinski definition) is 0. The van der Waals surface area contributed by atoms with Crippen molar-refractivity contribution >= 4 is 4.73 Å². The van der Waals surface area contributed by atoms with Crippen molar-refractivity contribution in [3.05, 3.63) is 0 Å². The van der Waals surface area contributed by atoms with E-state index in [2.05, 4.69) is 94.1 Å². The van der Waals surface area contributed by atoms with Crippen molar-refractivity contribution in [3.63, 3.8) is 0 Å². The van der Waals surface area contributed by atoms with E-state index in [9.17, 15) is 0 Å². The van der Waals surface area contributed by atoms with Gasteiger partial charge in [-0.2, -0.15) is 0 Å². The van der Waals surface area contributed by atoms with Gasteiger partial charge in [0.1, 0.15) is 0 Å². The molecule has 0 saturated heterocycles. The summed E-state index contributed by atoms with van der Waals surface area (Å²) < 4.78 is 2.97. The zero-order chi connectivity index (χ0) is 10.3. The zero-order valence-electron chi connectivity index (χ0n) is 11.8. The van der Waals surface area contributed by atoms with Crippen molar-refractivity contribution in [1.82, 2.24) is 0 Å². The Hall–Kier alpha value is 8.64. The van der Waals surface area contributed by atoms with Crippen molar-refractivity contribution in [1.29, 1.82) is 0 Å². The summed E-state index contributed by atoms with van der Waals surface area (Å²) in [6.45, 7) is 8.19. The number of rotatable bonds is 1.